The number of hydrogen-bond acceptors (Lipinski definition) is 5. The fourth-order valence-corrected chi connectivity index (χ4v) is 4.87. The molecule has 0 bridgehead atoms. The third-order valence-corrected chi connectivity index (χ3v) is 6.58. The molecule has 0 spiro atoms. The summed E-state index contributed by atoms with van der Waals surface area (Å²) in [7, 11) is 0. The van der Waals surface area contributed by atoms with Gasteiger partial charge < -0.3 is 4.90 Å². The van der Waals surface area contributed by atoms with Crippen molar-refractivity contribution in [1.29, 1.82) is 5.26 Å². The van der Waals surface area contributed by atoms with Gasteiger partial charge in [-0.15, -0.1) is 11.3 Å². The van der Waals surface area contributed by atoms with Crippen LogP contribution in [0, 0.1) is 25.2 Å². The number of amides is 1. The third kappa shape index (κ3) is 5.01. The third-order valence-electron chi connectivity index (χ3n) is 5.70. The van der Waals surface area contributed by atoms with E-state index in [1.165, 1.54) is 28.0 Å². The minimum Gasteiger partial charge on any atom is -0.336 e. The van der Waals surface area contributed by atoms with Crippen LogP contribution in [0.4, 0.5) is 0 Å². The Hall–Kier alpha value is -3.01. The summed E-state index contributed by atoms with van der Waals surface area (Å²) in [6.07, 6.45) is 0.941. The SMILES string of the molecule is Cc1ccc(-c2nc(C(=O)N3CCCN(Cc4ccc(C#N)cc4)CC3)cs2)c(C)c1. The van der Waals surface area contributed by atoms with Gasteiger partial charge >= 0.3 is 0 Å². The van der Waals surface area contributed by atoms with Crippen LogP contribution in [0.5, 0.6) is 0 Å². The molecule has 6 heteroatoms. The largest absolute Gasteiger partial charge is 0.336 e. The summed E-state index contributed by atoms with van der Waals surface area (Å²) >= 11 is 1.53. The van der Waals surface area contributed by atoms with E-state index in [1.54, 1.807) is 0 Å². The molecule has 4 rings (SSSR count). The number of aromatic nitrogens is 1. The molecule has 1 aliphatic rings. The summed E-state index contributed by atoms with van der Waals surface area (Å²) < 4.78 is 0. The molecule has 1 saturated heterocycles. The first-order valence-electron chi connectivity index (χ1n) is 10.6. The molecule has 0 radical (unpaired) electrons. The molecule has 1 fully saturated rings. The van der Waals surface area contributed by atoms with Crippen molar-refractivity contribution >= 4 is 17.2 Å². The minimum absolute atomic E-state index is 0.0208. The first kappa shape index (κ1) is 21.2. The standard InChI is InChI=1S/C25H26N4OS/c1-18-4-9-22(19(2)14-18)24-27-23(17-31-24)25(30)29-11-3-10-28(12-13-29)16-21-7-5-20(15-26)6-8-21/h4-9,14,17H,3,10-13,16H2,1-2H3. The molecule has 0 N–H and O–H groups in total. The first-order valence-corrected chi connectivity index (χ1v) is 11.5. The number of nitriles is 1. The van der Waals surface area contributed by atoms with Gasteiger partial charge in [0.2, 0.25) is 0 Å². The summed E-state index contributed by atoms with van der Waals surface area (Å²) in [5, 5.41) is 11.7. The Labute approximate surface area is 187 Å². The molecule has 2 heterocycles. The van der Waals surface area contributed by atoms with Crippen LogP contribution < -0.4 is 0 Å². The average Bonchev–Trinajstić information content (AvgIpc) is 3.14. The summed E-state index contributed by atoms with van der Waals surface area (Å²) in [6, 6.07) is 16.2. The van der Waals surface area contributed by atoms with Gasteiger partial charge in [-0.05, 0) is 43.5 Å². The van der Waals surface area contributed by atoms with Crippen LogP contribution >= 0.6 is 11.3 Å². The lowest BCUT2D eigenvalue weighted by molar-refractivity contribution is 0.0756. The second-order valence-electron chi connectivity index (χ2n) is 8.09. The van der Waals surface area contributed by atoms with Crippen LogP contribution in [0.3, 0.4) is 0 Å². The maximum Gasteiger partial charge on any atom is 0.273 e. The number of carbonyl (C=O) groups excluding carboxylic acids is 1. The fraction of sp³-hybridized carbons (Fsp3) is 0.320. The van der Waals surface area contributed by atoms with Crippen LogP contribution in [0.1, 0.15) is 39.2 Å². The van der Waals surface area contributed by atoms with Crippen LogP contribution in [-0.2, 0) is 6.54 Å². The summed E-state index contributed by atoms with van der Waals surface area (Å²) in [5.74, 6) is 0.0208. The van der Waals surface area contributed by atoms with E-state index >= 15 is 0 Å². The van der Waals surface area contributed by atoms with E-state index in [-0.39, 0.29) is 5.91 Å². The topological polar surface area (TPSA) is 60.2 Å². The Bertz CT molecular complexity index is 1110. The first-order chi connectivity index (χ1) is 15.0. The van der Waals surface area contributed by atoms with Crippen molar-refractivity contribution in [3.05, 3.63) is 75.8 Å². The van der Waals surface area contributed by atoms with E-state index in [0.717, 1.165) is 43.2 Å². The highest BCUT2D eigenvalue weighted by atomic mass is 32.1. The monoisotopic (exact) mass is 430 g/mol. The van der Waals surface area contributed by atoms with Crippen LogP contribution in [0.15, 0.2) is 47.8 Å². The second-order valence-corrected chi connectivity index (χ2v) is 8.95. The van der Waals surface area contributed by atoms with Gasteiger partial charge in [0.15, 0.2) is 0 Å². The molecule has 0 aliphatic carbocycles. The maximum atomic E-state index is 13.1. The van der Waals surface area contributed by atoms with E-state index in [0.29, 0.717) is 17.8 Å². The lowest BCUT2D eigenvalue weighted by Crippen LogP contribution is -2.35. The molecule has 0 unspecified atom stereocenters. The van der Waals surface area contributed by atoms with E-state index in [4.69, 9.17) is 5.26 Å². The number of benzene rings is 2. The lowest BCUT2D eigenvalue weighted by atomic mass is 10.1. The van der Waals surface area contributed by atoms with Crippen LogP contribution in [0.2, 0.25) is 0 Å². The second kappa shape index (κ2) is 9.42. The van der Waals surface area contributed by atoms with E-state index < -0.39 is 0 Å². The molecular weight excluding hydrogens is 404 g/mol. The Morgan fingerprint density at radius 1 is 1.10 bits per heavy atom. The fourth-order valence-electron chi connectivity index (χ4n) is 3.99. The van der Waals surface area contributed by atoms with Crippen molar-refractivity contribution in [2.24, 2.45) is 0 Å². The van der Waals surface area contributed by atoms with Gasteiger partial charge in [-0.25, -0.2) is 4.98 Å². The average molecular weight is 431 g/mol. The molecule has 1 amide bonds. The Balaban J connectivity index is 1.39. The number of hydrogen-bond donors (Lipinski definition) is 0. The zero-order valence-electron chi connectivity index (χ0n) is 18.0. The van der Waals surface area contributed by atoms with Crippen molar-refractivity contribution in [2.45, 2.75) is 26.8 Å². The highest BCUT2D eigenvalue weighted by molar-refractivity contribution is 7.13. The summed E-state index contributed by atoms with van der Waals surface area (Å²) in [5.41, 5.74) is 5.92. The van der Waals surface area contributed by atoms with Gasteiger partial charge in [-0.2, -0.15) is 5.26 Å². The lowest BCUT2D eigenvalue weighted by Gasteiger charge is -2.21. The van der Waals surface area contributed by atoms with Gasteiger partial charge in [-0.3, -0.25) is 9.69 Å². The van der Waals surface area contributed by atoms with Gasteiger partial charge in [-0.1, -0.05) is 35.9 Å². The quantitative estimate of drug-likeness (QED) is 0.605. The smallest absolute Gasteiger partial charge is 0.273 e. The predicted molar refractivity (Wildman–Crippen MR) is 124 cm³/mol. The number of carbonyl (C=O) groups is 1. The molecule has 31 heavy (non-hydrogen) atoms. The Morgan fingerprint density at radius 3 is 2.65 bits per heavy atom. The molecule has 158 valence electrons. The molecule has 2 aromatic carbocycles. The molecule has 1 aliphatic heterocycles. The zero-order chi connectivity index (χ0) is 21.8. The van der Waals surface area contributed by atoms with Crippen molar-refractivity contribution < 1.29 is 4.79 Å². The predicted octanol–water partition coefficient (Wildman–Crippen LogP) is 4.65. The van der Waals surface area contributed by atoms with Crippen LogP contribution in [-0.4, -0.2) is 46.9 Å². The Kier molecular flexibility index (Phi) is 6.45. The number of thiazole rings is 1. The van der Waals surface area contributed by atoms with Gasteiger partial charge in [0, 0.05) is 43.7 Å². The number of nitrogens with zero attached hydrogens (tertiary/aromatic N) is 4. The molecular formula is C25H26N4OS. The molecule has 1 aromatic heterocycles. The van der Waals surface area contributed by atoms with E-state index in [9.17, 15) is 4.79 Å². The van der Waals surface area contributed by atoms with Crippen LogP contribution in [0.25, 0.3) is 10.6 Å². The number of rotatable bonds is 4. The molecule has 0 saturated carbocycles. The van der Waals surface area contributed by atoms with E-state index in [2.05, 4.69) is 48.0 Å². The van der Waals surface area contributed by atoms with Gasteiger partial charge in [0.05, 0.1) is 11.6 Å². The van der Waals surface area contributed by atoms with Crippen molar-refractivity contribution in [2.75, 3.05) is 26.2 Å². The van der Waals surface area contributed by atoms with Gasteiger partial charge in [0.1, 0.15) is 10.7 Å². The molecule has 0 atom stereocenters. The highest BCUT2D eigenvalue weighted by Crippen LogP contribution is 2.28. The van der Waals surface area contributed by atoms with Crippen molar-refractivity contribution in [3.8, 4) is 16.6 Å². The van der Waals surface area contributed by atoms with Gasteiger partial charge in [0.25, 0.3) is 5.91 Å². The maximum absolute atomic E-state index is 13.1. The molecule has 5 nitrogen and oxygen atoms in total. The summed E-state index contributed by atoms with van der Waals surface area (Å²) in [6.45, 7) is 8.24. The zero-order valence-corrected chi connectivity index (χ0v) is 18.8. The Morgan fingerprint density at radius 2 is 1.90 bits per heavy atom. The normalized spacial score (nSPS) is 14.8. The summed E-state index contributed by atoms with van der Waals surface area (Å²) in [4.78, 5) is 22.1. The highest BCUT2D eigenvalue weighted by Gasteiger charge is 2.23. The van der Waals surface area contributed by atoms with Crippen molar-refractivity contribution in [3.63, 3.8) is 0 Å². The van der Waals surface area contributed by atoms with E-state index in [1.807, 2.05) is 34.5 Å². The van der Waals surface area contributed by atoms with Crippen molar-refractivity contribution in [1.82, 2.24) is 14.8 Å². The number of aryl methyl sites for hydroxylation is 2. The minimum atomic E-state index is 0.0208. The molecule has 3 aromatic rings.